The van der Waals surface area contributed by atoms with Crippen molar-refractivity contribution in [2.75, 3.05) is 37.5 Å². The van der Waals surface area contributed by atoms with Crippen LogP contribution in [0.5, 0.6) is 0 Å². The molecule has 1 aliphatic heterocycles. The number of nitrogens with two attached hydrogens (primary N) is 1. The first kappa shape index (κ1) is 13.7. The lowest BCUT2D eigenvalue weighted by atomic mass is 10.1. The molecular weight excluding hydrogens is 244 g/mol. The van der Waals surface area contributed by atoms with Gasteiger partial charge in [-0.3, -0.25) is 0 Å². The van der Waals surface area contributed by atoms with Gasteiger partial charge in [0, 0.05) is 13.7 Å². The highest BCUT2D eigenvalue weighted by molar-refractivity contribution is 5.92. The van der Waals surface area contributed by atoms with Crippen LogP contribution in [0.4, 0.5) is 11.4 Å². The van der Waals surface area contributed by atoms with Crippen LogP contribution < -0.4 is 10.6 Å². The number of carbonyl (C=O) groups excluding carboxylic acids is 1. The van der Waals surface area contributed by atoms with E-state index in [0.717, 1.165) is 18.7 Å². The Balaban J connectivity index is 2.23. The molecule has 0 aliphatic carbocycles. The summed E-state index contributed by atoms with van der Waals surface area (Å²) in [6, 6.07) is 5.52. The topological polar surface area (TPSA) is 64.8 Å². The van der Waals surface area contributed by atoms with Crippen LogP contribution >= 0.6 is 0 Å². The number of hydrogen-bond donors (Lipinski definition) is 1. The predicted octanol–water partition coefficient (Wildman–Crippen LogP) is 1.67. The molecule has 5 nitrogen and oxygen atoms in total. The summed E-state index contributed by atoms with van der Waals surface area (Å²) in [5.74, 6) is -0.320. The average molecular weight is 264 g/mol. The van der Waals surface area contributed by atoms with Crippen molar-refractivity contribution < 1.29 is 14.3 Å². The number of anilines is 2. The predicted molar refractivity (Wildman–Crippen MR) is 74.4 cm³/mol. The largest absolute Gasteiger partial charge is 0.462 e. The van der Waals surface area contributed by atoms with Crippen molar-refractivity contribution >= 4 is 17.3 Å². The SMILES string of the molecule is CCOC(=O)c1ccc(N)c(N(C)C2CCOC2)c1. The molecule has 1 aliphatic rings. The first-order valence-corrected chi connectivity index (χ1v) is 6.50. The van der Waals surface area contributed by atoms with Crippen molar-refractivity contribution in [3.8, 4) is 0 Å². The molecule has 1 saturated heterocycles. The van der Waals surface area contributed by atoms with E-state index < -0.39 is 0 Å². The van der Waals surface area contributed by atoms with Gasteiger partial charge in [0.2, 0.25) is 0 Å². The van der Waals surface area contributed by atoms with Crippen LogP contribution in [-0.4, -0.2) is 38.9 Å². The highest BCUT2D eigenvalue weighted by Gasteiger charge is 2.22. The third-order valence-electron chi connectivity index (χ3n) is 3.37. The summed E-state index contributed by atoms with van der Waals surface area (Å²) in [4.78, 5) is 13.8. The van der Waals surface area contributed by atoms with Crippen LogP contribution in [0.15, 0.2) is 18.2 Å². The van der Waals surface area contributed by atoms with E-state index in [1.54, 1.807) is 25.1 Å². The highest BCUT2D eigenvalue weighted by Crippen LogP contribution is 2.27. The Morgan fingerprint density at radius 2 is 2.37 bits per heavy atom. The van der Waals surface area contributed by atoms with Gasteiger partial charge in [0.1, 0.15) is 0 Å². The maximum atomic E-state index is 11.7. The third kappa shape index (κ3) is 2.98. The van der Waals surface area contributed by atoms with Crippen LogP contribution in [0.1, 0.15) is 23.7 Å². The fraction of sp³-hybridized carbons (Fsp3) is 0.500. The smallest absolute Gasteiger partial charge is 0.338 e. The number of likely N-dealkylation sites (N-methyl/N-ethyl adjacent to an activating group) is 1. The number of nitrogens with zero attached hydrogens (tertiary/aromatic N) is 1. The molecule has 5 heteroatoms. The second-order valence-electron chi connectivity index (χ2n) is 4.62. The number of esters is 1. The summed E-state index contributed by atoms with van der Waals surface area (Å²) in [5, 5.41) is 0. The highest BCUT2D eigenvalue weighted by atomic mass is 16.5. The Labute approximate surface area is 113 Å². The van der Waals surface area contributed by atoms with Gasteiger partial charge in [-0.25, -0.2) is 4.79 Å². The molecule has 1 fully saturated rings. The summed E-state index contributed by atoms with van der Waals surface area (Å²) in [7, 11) is 1.97. The van der Waals surface area contributed by atoms with E-state index in [4.69, 9.17) is 15.2 Å². The molecule has 1 atom stereocenters. The second kappa shape index (κ2) is 5.93. The third-order valence-corrected chi connectivity index (χ3v) is 3.37. The molecule has 1 aromatic carbocycles. The van der Waals surface area contributed by atoms with E-state index >= 15 is 0 Å². The summed E-state index contributed by atoms with van der Waals surface area (Å²) < 4.78 is 10.4. The van der Waals surface area contributed by atoms with Crippen molar-refractivity contribution in [1.82, 2.24) is 0 Å². The molecule has 19 heavy (non-hydrogen) atoms. The first-order chi connectivity index (χ1) is 9.13. The number of carbonyl (C=O) groups is 1. The van der Waals surface area contributed by atoms with Crippen LogP contribution in [0, 0.1) is 0 Å². The lowest BCUT2D eigenvalue weighted by molar-refractivity contribution is 0.0526. The van der Waals surface area contributed by atoms with Crippen molar-refractivity contribution in [3.63, 3.8) is 0 Å². The van der Waals surface area contributed by atoms with Crippen molar-refractivity contribution in [3.05, 3.63) is 23.8 Å². The van der Waals surface area contributed by atoms with E-state index in [1.165, 1.54) is 0 Å². The molecule has 1 heterocycles. The number of ether oxygens (including phenoxy) is 2. The van der Waals surface area contributed by atoms with E-state index in [9.17, 15) is 4.79 Å². The minimum Gasteiger partial charge on any atom is -0.462 e. The quantitative estimate of drug-likeness (QED) is 0.662. The number of benzene rings is 1. The van der Waals surface area contributed by atoms with Gasteiger partial charge in [0.25, 0.3) is 0 Å². The summed E-state index contributed by atoms with van der Waals surface area (Å²) in [6.45, 7) is 3.62. The number of rotatable bonds is 4. The average Bonchev–Trinajstić information content (AvgIpc) is 2.92. The van der Waals surface area contributed by atoms with E-state index in [0.29, 0.717) is 30.5 Å². The van der Waals surface area contributed by atoms with Gasteiger partial charge in [0.15, 0.2) is 0 Å². The van der Waals surface area contributed by atoms with E-state index in [-0.39, 0.29) is 5.97 Å². The normalized spacial score (nSPS) is 18.3. The van der Waals surface area contributed by atoms with Crippen LogP contribution in [-0.2, 0) is 9.47 Å². The summed E-state index contributed by atoms with van der Waals surface area (Å²) in [6.07, 6.45) is 0.972. The molecule has 0 radical (unpaired) electrons. The number of nitrogen functional groups attached to an aromatic ring is 1. The zero-order valence-corrected chi connectivity index (χ0v) is 11.4. The molecule has 1 unspecified atom stereocenters. The standard InChI is InChI=1S/C14H20N2O3/c1-3-19-14(17)10-4-5-12(15)13(8-10)16(2)11-6-7-18-9-11/h4-5,8,11H,3,6-7,9,15H2,1-2H3. The lowest BCUT2D eigenvalue weighted by Gasteiger charge is -2.27. The van der Waals surface area contributed by atoms with Crippen molar-refractivity contribution in [2.45, 2.75) is 19.4 Å². The minimum absolute atomic E-state index is 0.305. The maximum Gasteiger partial charge on any atom is 0.338 e. The van der Waals surface area contributed by atoms with Gasteiger partial charge < -0.3 is 20.1 Å². The molecule has 0 bridgehead atoms. The molecule has 2 rings (SSSR count). The zero-order valence-electron chi connectivity index (χ0n) is 11.4. The maximum absolute atomic E-state index is 11.7. The van der Waals surface area contributed by atoms with E-state index in [1.807, 2.05) is 7.05 Å². The lowest BCUT2D eigenvalue weighted by Crippen LogP contribution is -2.32. The minimum atomic E-state index is -0.320. The van der Waals surface area contributed by atoms with Crippen LogP contribution in [0.3, 0.4) is 0 Å². The molecule has 0 saturated carbocycles. The molecule has 2 N–H and O–H groups in total. The summed E-state index contributed by atoms with van der Waals surface area (Å²) in [5.41, 5.74) is 8.03. The van der Waals surface area contributed by atoms with Gasteiger partial charge in [-0.15, -0.1) is 0 Å². The van der Waals surface area contributed by atoms with Gasteiger partial charge in [-0.1, -0.05) is 0 Å². The molecule has 0 aromatic heterocycles. The molecular formula is C14H20N2O3. The Bertz CT molecular complexity index is 456. The second-order valence-corrected chi connectivity index (χ2v) is 4.62. The van der Waals surface area contributed by atoms with Gasteiger partial charge >= 0.3 is 5.97 Å². The fourth-order valence-electron chi connectivity index (χ4n) is 2.21. The molecule has 0 amide bonds. The Kier molecular flexibility index (Phi) is 4.27. The van der Waals surface area contributed by atoms with Crippen molar-refractivity contribution in [1.29, 1.82) is 0 Å². The Morgan fingerprint density at radius 1 is 1.58 bits per heavy atom. The fourth-order valence-corrected chi connectivity index (χ4v) is 2.21. The van der Waals surface area contributed by atoms with Crippen LogP contribution in [0.2, 0.25) is 0 Å². The molecule has 0 spiro atoms. The van der Waals surface area contributed by atoms with Crippen molar-refractivity contribution in [2.24, 2.45) is 0 Å². The molecule has 104 valence electrons. The monoisotopic (exact) mass is 264 g/mol. The number of hydrogen-bond acceptors (Lipinski definition) is 5. The van der Waals surface area contributed by atoms with Gasteiger partial charge in [0.05, 0.1) is 36.2 Å². The molecule has 1 aromatic rings. The van der Waals surface area contributed by atoms with Crippen LogP contribution in [0.25, 0.3) is 0 Å². The summed E-state index contributed by atoms with van der Waals surface area (Å²) >= 11 is 0. The Hall–Kier alpha value is -1.75. The van der Waals surface area contributed by atoms with E-state index in [2.05, 4.69) is 4.90 Å². The first-order valence-electron chi connectivity index (χ1n) is 6.50. The van der Waals surface area contributed by atoms with Gasteiger partial charge in [-0.05, 0) is 31.5 Å². The Morgan fingerprint density at radius 3 is 3.00 bits per heavy atom. The zero-order chi connectivity index (χ0) is 13.8. The van der Waals surface area contributed by atoms with Gasteiger partial charge in [-0.2, -0.15) is 0 Å².